The predicted molar refractivity (Wildman–Crippen MR) is 74.3 cm³/mol. The smallest absolute Gasteiger partial charge is 0.167 e. The zero-order valence-electron chi connectivity index (χ0n) is 8.99. The van der Waals surface area contributed by atoms with Gasteiger partial charge in [-0.1, -0.05) is 12.1 Å². The number of nitrogens with two attached hydrogens (primary N) is 1. The molecule has 2 aromatic rings. The van der Waals surface area contributed by atoms with Crippen LogP contribution < -0.4 is 10.5 Å². The van der Waals surface area contributed by atoms with Crippen molar-refractivity contribution in [3.8, 4) is 5.75 Å². The Labute approximate surface area is 113 Å². The van der Waals surface area contributed by atoms with Crippen molar-refractivity contribution in [1.82, 2.24) is 0 Å². The fourth-order valence-corrected chi connectivity index (χ4v) is 1.74. The second kappa shape index (κ2) is 5.35. The summed E-state index contributed by atoms with van der Waals surface area (Å²) < 4.78 is 20.0. The molecular weight excluding hydrogens is 332 g/mol. The highest BCUT2D eigenvalue weighted by molar-refractivity contribution is 14.1. The monoisotopic (exact) mass is 343 g/mol. The molecule has 0 radical (unpaired) electrons. The van der Waals surface area contributed by atoms with E-state index in [-0.39, 0.29) is 5.75 Å². The maximum atomic E-state index is 13.4. The summed E-state index contributed by atoms with van der Waals surface area (Å²) in [4.78, 5) is 0. The molecule has 2 N–H and O–H groups in total. The van der Waals surface area contributed by atoms with Gasteiger partial charge >= 0.3 is 0 Å². The number of anilines is 1. The lowest BCUT2D eigenvalue weighted by molar-refractivity contribution is 0.290. The van der Waals surface area contributed by atoms with Crippen LogP contribution >= 0.6 is 22.6 Å². The Balaban J connectivity index is 2.04. The average Bonchev–Trinajstić information content (AvgIpc) is 2.30. The first-order valence-electron chi connectivity index (χ1n) is 5.07. The van der Waals surface area contributed by atoms with Crippen LogP contribution in [0.1, 0.15) is 5.56 Å². The van der Waals surface area contributed by atoms with Gasteiger partial charge in [0.05, 0.1) is 0 Å². The van der Waals surface area contributed by atoms with Crippen LogP contribution in [0.25, 0.3) is 0 Å². The van der Waals surface area contributed by atoms with E-state index in [1.54, 1.807) is 6.07 Å². The van der Waals surface area contributed by atoms with Gasteiger partial charge in [-0.15, -0.1) is 0 Å². The molecule has 0 aliphatic rings. The Morgan fingerprint density at radius 2 is 1.82 bits per heavy atom. The van der Waals surface area contributed by atoms with Crippen molar-refractivity contribution < 1.29 is 9.13 Å². The van der Waals surface area contributed by atoms with Crippen LogP contribution in [0, 0.1) is 9.39 Å². The maximum absolute atomic E-state index is 13.4. The third-order valence-corrected chi connectivity index (χ3v) is 2.98. The van der Waals surface area contributed by atoms with E-state index in [1.807, 2.05) is 24.3 Å². The van der Waals surface area contributed by atoms with Gasteiger partial charge in [0.2, 0.25) is 0 Å². The lowest BCUT2D eigenvalue weighted by Gasteiger charge is -2.07. The molecule has 0 aromatic heterocycles. The minimum Gasteiger partial charge on any atom is -0.486 e. The number of hydrogen-bond acceptors (Lipinski definition) is 2. The Morgan fingerprint density at radius 3 is 2.47 bits per heavy atom. The molecule has 17 heavy (non-hydrogen) atoms. The number of nitrogen functional groups attached to an aromatic ring is 1. The molecule has 0 saturated carbocycles. The number of halogens is 2. The highest BCUT2D eigenvalue weighted by Crippen LogP contribution is 2.20. The summed E-state index contributed by atoms with van der Waals surface area (Å²) in [5.41, 5.74) is 6.85. The van der Waals surface area contributed by atoms with E-state index in [2.05, 4.69) is 22.6 Å². The molecule has 2 aromatic carbocycles. The second-order valence-corrected chi connectivity index (χ2v) is 4.85. The van der Waals surface area contributed by atoms with Crippen LogP contribution in [-0.4, -0.2) is 0 Å². The molecule has 0 spiro atoms. The average molecular weight is 343 g/mol. The lowest BCUT2D eigenvalue weighted by atomic mass is 10.2. The Hall–Kier alpha value is -1.30. The molecule has 4 heteroatoms. The first kappa shape index (κ1) is 12.2. The van der Waals surface area contributed by atoms with E-state index in [9.17, 15) is 4.39 Å². The minimum atomic E-state index is -0.435. The van der Waals surface area contributed by atoms with Crippen molar-refractivity contribution in [1.29, 1.82) is 0 Å². The zero-order valence-corrected chi connectivity index (χ0v) is 11.1. The normalized spacial score (nSPS) is 10.2. The van der Waals surface area contributed by atoms with Crippen molar-refractivity contribution in [3.63, 3.8) is 0 Å². The number of rotatable bonds is 3. The van der Waals surface area contributed by atoms with Crippen molar-refractivity contribution >= 4 is 28.3 Å². The second-order valence-electron chi connectivity index (χ2n) is 3.61. The van der Waals surface area contributed by atoms with Gasteiger partial charge in [-0.25, -0.2) is 4.39 Å². The quantitative estimate of drug-likeness (QED) is 0.683. The third-order valence-electron chi connectivity index (χ3n) is 2.26. The van der Waals surface area contributed by atoms with E-state index >= 15 is 0 Å². The van der Waals surface area contributed by atoms with Crippen LogP contribution in [0.2, 0.25) is 0 Å². The topological polar surface area (TPSA) is 35.2 Å². The summed E-state index contributed by atoms with van der Waals surface area (Å²) in [6.07, 6.45) is 0. The summed E-state index contributed by atoms with van der Waals surface area (Å²) >= 11 is 2.23. The van der Waals surface area contributed by atoms with Gasteiger partial charge in [0.25, 0.3) is 0 Å². The molecule has 0 amide bonds. The highest BCUT2D eigenvalue weighted by Gasteiger charge is 2.03. The number of ether oxygens (including phenoxy) is 1. The van der Waals surface area contributed by atoms with Crippen molar-refractivity contribution in [2.24, 2.45) is 0 Å². The summed E-state index contributed by atoms with van der Waals surface area (Å²) in [6.45, 7) is 0.345. The predicted octanol–water partition coefficient (Wildman–Crippen LogP) is 3.59. The molecular formula is C13H11FINO. The standard InChI is InChI=1S/C13H11FINO/c14-12-7-11(16)5-6-13(12)17-8-9-1-3-10(15)4-2-9/h1-7H,8,16H2. The molecule has 0 aliphatic carbocycles. The SMILES string of the molecule is Nc1ccc(OCc2ccc(I)cc2)c(F)c1. The number of hydrogen-bond donors (Lipinski definition) is 1. The van der Waals surface area contributed by atoms with Crippen LogP contribution in [0.5, 0.6) is 5.75 Å². The molecule has 2 rings (SSSR count). The summed E-state index contributed by atoms with van der Waals surface area (Å²) in [5.74, 6) is -0.215. The zero-order chi connectivity index (χ0) is 12.3. The van der Waals surface area contributed by atoms with Gasteiger partial charge < -0.3 is 10.5 Å². The van der Waals surface area contributed by atoms with E-state index in [0.717, 1.165) is 9.13 Å². The van der Waals surface area contributed by atoms with Crippen LogP contribution in [0.4, 0.5) is 10.1 Å². The number of benzene rings is 2. The largest absolute Gasteiger partial charge is 0.486 e. The Bertz CT molecular complexity index is 513. The first-order chi connectivity index (χ1) is 8.15. The molecule has 2 nitrogen and oxygen atoms in total. The molecule has 0 atom stereocenters. The lowest BCUT2D eigenvalue weighted by Crippen LogP contribution is -1.98. The fourth-order valence-electron chi connectivity index (χ4n) is 1.38. The van der Waals surface area contributed by atoms with E-state index in [0.29, 0.717) is 12.3 Å². The molecule has 0 bridgehead atoms. The highest BCUT2D eigenvalue weighted by atomic mass is 127. The van der Waals surface area contributed by atoms with E-state index in [1.165, 1.54) is 12.1 Å². The van der Waals surface area contributed by atoms with Gasteiger partial charge in [0, 0.05) is 15.3 Å². The van der Waals surface area contributed by atoms with Crippen LogP contribution in [0.15, 0.2) is 42.5 Å². The third kappa shape index (κ3) is 3.33. The van der Waals surface area contributed by atoms with Crippen LogP contribution in [0.3, 0.4) is 0 Å². The van der Waals surface area contributed by atoms with Crippen molar-refractivity contribution in [3.05, 3.63) is 57.4 Å². The Morgan fingerprint density at radius 1 is 1.12 bits per heavy atom. The van der Waals surface area contributed by atoms with E-state index < -0.39 is 5.82 Å². The molecule has 0 unspecified atom stereocenters. The molecule has 0 aliphatic heterocycles. The Kier molecular flexibility index (Phi) is 3.83. The van der Waals surface area contributed by atoms with Crippen molar-refractivity contribution in [2.45, 2.75) is 6.61 Å². The van der Waals surface area contributed by atoms with Gasteiger partial charge in [-0.05, 0) is 52.4 Å². The van der Waals surface area contributed by atoms with Gasteiger partial charge in [0.15, 0.2) is 11.6 Å². The summed E-state index contributed by atoms with van der Waals surface area (Å²) in [5, 5.41) is 0. The maximum Gasteiger partial charge on any atom is 0.167 e. The van der Waals surface area contributed by atoms with Crippen molar-refractivity contribution in [2.75, 3.05) is 5.73 Å². The molecule has 0 saturated heterocycles. The van der Waals surface area contributed by atoms with Gasteiger partial charge in [-0.3, -0.25) is 0 Å². The fraction of sp³-hybridized carbons (Fsp3) is 0.0769. The van der Waals surface area contributed by atoms with Gasteiger partial charge in [-0.2, -0.15) is 0 Å². The van der Waals surface area contributed by atoms with Crippen LogP contribution in [-0.2, 0) is 6.61 Å². The van der Waals surface area contributed by atoms with Gasteiger partial charge in [0.1, 0.15) is 6.61 Å². The minimum absolute atomic E-state index is 0.220. The molecule has 0 heterocycles. The molecule has 88 valence electrons. The summed E-state index contributed by atoms with van der Waals surface area (Å²) in [7, 11) is 0. The first-order valence-corrected chi connectivity index (χ1v) is 6.15. The molecule has 0 fully saturated rings. The van der Waals surface area contributed by atoms with E-state index in [4.69, 9.17) is 10.5 Å². The summed E-state index contributed by atoms with van der Waals surface area (Å²) in [6, 6.07) is 12.3.